The molecule has 0 bridgehead atoms. The molecule has 0 fully saturated rings. The predicted octanol–water partition coefficient (Wildman–Crippen LogP) is 0.0585. The molecular weight excluding hydrogens is 106 g/mol. The summed E-state index contributed by atoms with van der Waals surface area (Å²) in [4.78, 5) is 10.1. The summed E-state index contributed by atoms with van der Waals surface area (Å²) in [7, 11) is 0. The number of nitrogens with two attached hydrogens (primary N) is 1. The topological polar surface area (TPSA) is 52.3 Å². The molecule has 0 aromatic rings. The van der Waals surface area contributed by atoms with E-state index in [1.165, 1.54) is 6.92 Å². The van der Waals surface area contributed by atoms with E-state index in [0.29, 0.717) is 0 Å². The third kappa shape index (κ3) is 3.61. The zero-order chi connectivity index (χ0) is 6.57. The van der Waals surface area contributed by atoms with Crippen LogP contribution in [0.4, 0.5) is 0 Å². The van der Waals surface area contributed by atoms with Crippen molar-refractivity contribution in [1.82, 2.24) is 0 Å². The van der Waals surface area contributed by atoms with Crippen molar-refractivity contribution in [3.8, 4) is 0 Å². The number of hydrogen-bond donors (Lipinski definition) is 1. The lowest BCUT2D eigenvalue weighted by Crippen LogP contribution is -2.25. The summed E-state index contributed by atoms with van der Waals surface area (Å²) < 4.78 is 4.48. The van der Waals surface area contributed by atoms with Crippen LogP contribution in [0.1, 0.15) is 13.8 Å². The Morgan fingerprint density at radius 2 is 2.38 bits per heavy atom. The molecule has 0 saturated heterocycles. The van der Waals surface area contributed by atoms with Gasteiger partial charge in [0.05, 0.1) is 0 Å². The fraction of sp³-hybridized carbons (Fsp3) is 0.600. The molecule has 0 aliphatic carbocycles. The Hall–Kier alpha value is -0.570. The van der Waals surface area contributed by atoms with Crippen molar-refractivity contribution in [3.05, 3.63) is 6.42 Å². The van der Waals surface area contributed by atoms with Gasteiger partial charge in [0.1, 0.15) is 0 Å². The van der Waals surface area contributed by atoms with Gasteiger partial charge in [0, 0.05) is 13.3 Å². The van der Waals surface area contributed by atoms with Crippen molar-refractivity contribution in [2.24, 2.45) is 5.73 Å². The summed E-state index contributed by atoms with van der Waals surface area (Å²) in [6.07, 6.45) is 1.05. The number of esters is 1. The molecule has 0 saturated carbocycles. The van der Waals surface area contributed by atoms with Gasteiger partial charge in [-0.2, -0.15) is 0 Å². The van der Waals surface area contributed by atoms with E-state index in [1.54, 1.807) is 13.3 Å². The zero-order valence-electron chi connectivity index (χ0n) is 5.05. The van der Waals surface area contributed by atoms with Gasteiger partial charge >= 0.3 is 5.97 Å². The van der Waals surface area contributed by atoms with Gasteiger partial charge in [-0.05, 0) is 0 Å². The van der Waals surface area contributed by atoms with Crippen molar-refractivity contribution in [2.45, 2.75) is 20.1 Å². The van der Waals surface area contributed by atoms with Gasteiger partial charge in [0.2, 0.25) is 0 Å². The van der Waals surface area contributed by atoms with Gasteiger partial charge in [-0.15, -0.1) is 0 Å². The van der Waals surface area contributed by atoms with E-state index in [9.17, 15) is 4.79 Å². The minimum absolute atomic E-state index is 0.351. The molecule has 0 spiro atoms. The Morgan fingerprint density at radius 3 is 2.50 bits per heavy atom. The highest BCUT2D eigenvalue weighted by Crippen LogP contribution is 1.86. The average Bonchev–Trinajstić information content (AvgIpc) is 1.65. The van der Waals surface area contributed by atoms with Crippen LogP contribution < -0.4 is 5.73 Å². The second-order valence-electron chi connectivity index (χ2n) is 1.41. The molecule has 8 heavy (non-hydrogen) atoms. The molecule has 0 aromatic carbocycles. The van der Waals surface area contributed by atoms with Crippen LogP contribution in [-0.4, -0.2) is 12.2 Å². The monoisotopic (exact) mass is 116 g/mol. The van der Waals surface area contributed by atoms with Crippen LogP contribution in [0, 0.1) is 6.42 Å². The highest BCUT2D eigenvalue weighted by atomic mass is 16.5. The van der Waals surface area contributed by atoms with Crippen LogP contribution in [-0.2, 0) is 9.53 Å². The second-order valence-corrected chi connectivity index (χ2v) is 1.41. The van der Waals surface area contributed by atoms with E-state index in [4.69, 9.17) is 5.73 Å². The van der Waals surface area contributed by atoms with Crippen LogP contribution >= 0.6 is 0 Å². The molecule has 0 aliphatic rings. The maximum atomic E-state index is 10.1. The fourth-order valence-corrected chi connectivity index (χ4v) is 0.260. The summed E-state index contributed by atoms with van der Waals surface area (Å²) in [5.41, 5.74) is 5.18. The largest absolute Gasteiger partial charge is 0.447 e. The number of carbonyl (C=O) groups is 1. The van der Waals surface area contributed by atoms with Crippen LogP contribution in [0.3, 0.4) is 0 Å². The summed E-state index contributed by atoms with van der Waals surface area (Å²) >= 11 is 0. The molecule has 0 aromatic heterocycles. The highest BCUT2D eigenvalue weighted by molar-refractivity contribution is 5.66. The van der Waals surface area contributed by atoms with Crippen LogP contribution in [0.15, 0.2) is 0 Å². The van der Waals surface area contributed by atoms with Gasteiger partial charge in [0.25, 0.3) is 0 Å². The molecule has 1 unspecified atom stereocenters. The highest BCUT2D eigenvalue weighted by Gasteiger charge is 1.99. The van der Waals surface area contributed by atoms with E-state index in [-0.39, 0.29) is 5.97 Å². The standard InChI is InChI=1S/C5H10NO2/c1-3-5(6)8-4(2)7/h3,5H,6H2,1-2H3. The molecule has 1 radical (unpaired) electrons. The van der Waals surface area contributed by atoms with E-state index in [0.717, 1.165) is 0 Å². The lowest BCUT2D eigenvalue weighted by atomic mass is 10.4. The first kappa shape index (κ1) is 7.43. The third-order valence-electron chi connectivity index (χ3n) is 0.631. The van der Waals surface area contributed by atoms with Crippen LogP contribution in [0.5, 0.6) is 0 Å². The molecule has 0 heterocycles. The Bertz CT molecular complexity index is 82.5. The Kier molecular flexibility index (Phi) is 3.19. The maximum absolute atomic E-state index is 10.1. The molecule has 0 amide bonds. The molecule has 0 aliphatic heterocycles. The third-order valence-corrected chi connectivity index (χ3v) is 0.631. The van der Waals surface area contributed by atoms with E-state index >= 15 is 0 Å². The van der Waals surface area contributed by atoms with Gasteiger partial charge in [-0.3, -0.25) is 10.5 Å². The first-order valence-electron chi connectivity index (χ1n) is 2.39. The van der Waals surface area contributed by atoms with Crippen molar-refractivity contribution < 1.29 is 9.53 Å². The zero-order valence-corrected chi connectivity index (χ0v) is 5.05. The van der Waals surface area contributed by atoms with Crippen LogP contribution in [0.2, 0.25) is 0 Å². The van der Waals surface area contributed by atoms with Crippen molar-refractivity contribution in [1.29, 1.82) is 0 Å². The van der Waals surface area contributed by atoms with Gasteiger partial charge in [0.15, 0.2) is 6.23 Å². The predicted molar refractivity (Wildman–Crippen MR) is 29.7 cm³/mol. The van der Waals surface area contributed by atoms with Crippen LogP contribution in [0.25, 0.3) is 0 Å². The molecule has 1 atom stereocenters. The van der Waals surface area contributed by atoms with E-state index < -0.39 is 6.23 Å². The maximum Gasteiger partial charge on any atom is 0.304 e. The number of hydrogen-bond acceptors (Lipinski definition) is 3. The fourth-order valence-electron chi connectivity index (χ4n) is 0.260. The first-order valence-corrected chi connectivity index (χ1v) is 2.39. The van der Waals surface area contributed by atoms with Gasteiger partial charge in [-0.1, -0.05) is 6.92 Å². The number of ether oxygens (including phenoxy) is 1. The summed E-state index contributed by atoms with van der Waals surface area (Å²) in [6, 6.07) is 0. The molecule has 0 rings (SSSR count). The molecular formula is C5H10NO2. The number of rotatable bonds is 2. The lowest BCUT2D eigenvalue weighted by Gasteiger charge is -2.06. The summed E-state index contributed by atoms with van der Waals surface area (Å²) in [5, 5.41) is 0. The first-order chi connectivity index (χ1) is 3.66. The average molecular weight is 116 g/mol. The normalized spacial score (nSPS) is 12.9. The quantitative estimate of drug-likeness (QED) is 0.410. The molecule has 3 nitrogen and oxygen atoms in total. The molecule has 3 heteroatoms. The summed E-state index contributed by atoms with van der Waals surface area (Å²) in [6.45, 7) is 3.05. The molecule has 47 valence electrons. The smallest absolute Gasteiger partial charge is 0.304 e. The van der Waals surface area contributed by atoms with Crippen molar-refractivity contribution in [3.63, 3.8) is 0 Å². The lowest BCUT2D eigenvalue weighted by molar-refractivity contribution is -0.144. The Balaban J connectivity index is 3.24. The Morgan fingerprint density at radius 1 is 1.88 bits per heavy atom. The van der Waals surface area contributed by atoms with Gasteiger partial charge < -0.3 is 4.74 Å². The second kappa shape index (κ2) is 3.43. The van der Waals surface area contributed by atoms with E-state index in [2.05, 4.69) is 4.74 Å². The minimum atomic E-state index is -0.549. The summed E-state index contributed by atoms with van der Waals surface area (Å²) in [5.74, 6) is -0.351. The Labute approximate surface area is 48.8 Å². The minimum Gasteiger partial charge on any atom is -0.447 e. The SMILES string of the molecule is C[CH]C(N)OC(C)=O. The molecule has 2 N–H and O–H groups in total. The van der Waals surface area contributed by atoms with E-state index in [1.807, 2.05) is 0 Å². The van der Waals surface area contributed by atoms with Crippen molar-refractivity contribution in [2.75, 3.05) is 0 Å². The number of carbonyl (C=O) groups excluding carboxylic acids is 1. The van der Waals surface area contributed by atoms with Crippen molar-refractivity contribution >= 4 is 5.97 Å². The van der Waals surface area contributed by atoms with Gasteiger partial charge in [-0.25, -0.2) is 0 Å².